The maximum atomic E-state index is 6.07. The second-order valence-electron chi connectivity index (χ2n) is 7.32. The van der Waals surface area contributed by atoms with Crippen LogP contribution in [0.15, 0.2) is 30.5 Å². The number of anilines is 1. The van der Waals surface area contributed by atoms with Crippen molar-refractivity contribution in [3.63, 3.8) is 0 Å². The van der Waals surface area contributed by atoms with E-state index >= 15 is 0 Å². The van der Waals surface area contributed by atoms with Gasteiger partial charge in [0, 0.05) is 28.8 Å². The van der Waals surface area contributed by atoms with Crippen LogP contribution < -0.4 is 5.32 Å². The predicted molar refractivity (Wildman–Crippen MR) is 124 cm³/mol. The van der Waals surface area contributed by atoms with E-state index < -0.39 is 0 Å². The molecule has 1 N–H and O–H groups in total. The van der Waals surface area contributed by atoms with E-state index in [1.807, 2.05) is 30.5 Å². The van der Waals surface area contributed by atoms with Crippen LogP contribution in [0.5, 0.6) is 0 Å². The molecule has 0 bridgehead atoms. The number of nitrogens with zero attached hydrogens (tertiary/aromatic N) is 3. The molecular formula is C23H37ClN4. The van der Waals surface area contributed by atoms with Gasteiger partial charge in [0.15, 0.2) is 0 Å². The number of benzene rings is 1. The first kappa shape index (κ1) is 22.9. The number of nitrogens with one attached hydrogen (secondary N) is 1. The Kier molecular flexibility index (Phi) is 10.6. The summed E-state index contributed by atoms with van der Waals surface area (Å²) in [5, 5.41) is 5.43. The number of fused-ring (bicyclic) bond motifs is 1. The molecule has 2 aromatic rings. The van der Waals surface area contributed by atoms with Crippen molar-refractivity contribution in [3.05, 3.63) is 35.5 Å². The fourth-order valence-corrected chi connectivity index (χ4v) is 3.79. The first-order valence-corrected chi connectivity index (χ1v) is 11.3. The maximum absolute atomic E-state index is 6.07. The normalized spacial score (nSPS) is 11.6. The van der Waals surface area contributed by atoms with Crippen molar-refractivity contribution in [2.45, 2.75) is 46.5 Å². The van der Waals surface area contributed by atoms with Gasteiger partial charge >= 0.3 is 0 Å². The molecule has 0 atom stereocenters. The van der Waals surface area contributed by atoms with E-state index in [4.69, 9.17) is 11.6 Å². The Morgan fingerprint density at radius 2 is 1.57 bits per heavy atom. The minimum Gasteiger partial charge on any atom is -0.384 e. The molecule has 0 amide bonds. The molecule has 1 aromatic carbocycles. The molecule has 0 aliphatic rings. The molecule has 0 radical (unpaired) electrons. The Bertz CT molecular complexity index is 687. The van der Waals surface area contributed by atoms with Crippen molar-refractivity contribution in [2.75, 3.05) is 51.1 Å². The monoisotopic (exact) mass is 404 g/mol. The largest absolute Gasteiger partial charge is 0.384 e. The van der Waals surface area contributed by atoms with Crippen LogP contribution in [0.2, 0.25) is 5.02 Å². The molecule has 1 heterocycles. The van der Waals surface area contributed by atoms with E-state index in [1.165, 1.54) is 45.3 Å². The molecule has 0 aliphatic heterocycles. The standard InChI is InChI=1S/C23H37ClN4/c1-4-27(5-2)17-10-18-28(6-3)16-9-7-8-14-25-22-13-15-26-23-19-20(24)11-12-21(22)23/h11-13,15,19H,4-10,14,16-18H2,1-3H3,(H,25,26). The number of unbranched alkanes of at least 4 members (excludes halogenated alkanes) is 2. The Morgan fingerprint density at radius 1 is 0.857 bits per heavy atom. The first-order valence-electron chi connectivity index (χ1n) is 10.9. The van der Waals surface area contributed by atoms with E-state index in [0.29, 0.717) is 0 Å². The van der Waals surface area contributed by atoms with E-state index in [0.717, 1.165) is 47.8 Å². The molecule has 4 nitrogen and oxygen atoms in total. The van der Waals surface area contributed by atoms with E-state index in [9.17, 15) is 0 Å². The van der Waals surface area contributed by atoms with Crippen LogP contribution in [0.4, 0.5) is 5.69 Å². The van der Waals surface area contributed by atoms with Gasteiger partial charge in [-0.1, -0.05) is 38.8 Å². The Balaban J connectivity index is 1.63. The van der Waals surface area contributed by atoms with Crippen LogP contribution in [0.1, 0.15) is 46.5 Å². The third kappa shape index (κ3) is 7.57. The number of pyridine rings is 1. The van der Waals surface area contributed by atoms with Crippen LogP contribution in [0.3, 0.4) is 0 Å². The summed E-state index contributed by atoms with van der Waals surface area (Å²) >= 11 is 6.07. The van der Waals surface area contributed by atoms with Crippen LogP contribution in [-0.2, 0) is 0 Å². The summed E-state index contributed by atoms with van der Waals surface area (Å²) in [5.74, 6) is 0. The van der Waals surface area contributed by atoms with Gasteiger partial charge in [-0.2, -0.15) is 0 Å². The number of hydrogen-bond acceptors (Lipinski definition) is 4. The summed E-state index contributed by atoms with van der Waals surface area (Å²) in [4.78, 5) is 9.51. The van der Waals surface area contributed by atoms with Crippen molar-refractivity contribution >= 4 is 28.2 Å². The zero-order chi connectivity index (χ0) is 20.2. The van der Waals surface area contributed by atoms with Gasteiger partial charge in [-0.05, 0) is 82.8 Å². The first-order chi connectivity index (χ1) is 13.7. The zero-order valence-corrected chi connectivity index (χ0v) is 18.6. The summed E-state index contributed by atoms with van der Waals surface area (Å²) in [6.45, 7) is 14.9. The molecule has 0 aliphatic carbocycles. The SMILES string of the molecule is CCN(CC)CCCN(CC)CCCCCNc1ccnc2cc(Cl)ccc12. The molecule has 0 saturated carbocycles. The average molecular weight is 405 g/mol. The highest BCUT2D eigenvalue weighted by Crippen LogP contribution is 2.24. The number of hydrogen-bond donors (Lipinski definition) is 1. The average Bonchev–Trinajstić information content (AvgIpc) is 2.71. The molecule has 0 saturated heterocycles. The second-order valence-corrected chi connectivity index (χ2v) is 7.76. The quantitative estimate of drug-likeness (QED) is 0.420. The van der Waals surface area contributed by atoms with Gasteiger partial charge in [0.25, 0.3) is 0 Å². The zero-order valence-electron chi connectivity index (χ0n) is 17.9. The highest BCUT2D eigenvalue weighted by Gasteiger charge is 2.05. The van der Waals surface area contributed by atoms with Crippen molar-refractivity contribution in [3.8, 4) is 0 Å². The molecule has 1 aromatic heterocycles. The number of halogens is 1. The Hall–Kier alpha value is -1.36. The Labute approximate surface area is 176 Å². The minimum atomic E-state index is 0.731. The fourth-order valence-electron chi connectivity index (χ4n) is 3.62. The summed E-state index contributed by atoms with van der Waals surface area (Å²) < 4.78 is 0. The van der Waals surface area contributed by atoms with Crippen molar-refractivity contribution in [2.24, 2.45) is 0 Å². The molecule has 28 heavy (non-hydrogen) atoms. The minimum absolute atomic E-state index is 0.731. The fraction of sp³-hybridized carbons (Fsp3) is 0.609. The highest BCUT2D eigenvalue weighted by molar-refractivity contribution is 6.31. The van der Waals surface area contributed by atoms with Crippen LogP contribution >= 0.6 is 11.6 Å². The van der Waals surface area contributed by atoms with Crippen molar-refractivity contribution in [1.82, 2.24) is 14.8 Å². The van der Waals surface area contributed by atoms with E-state index in [1.54, 1.807) is 0 Å². The lowest BCUT2D eigenvalue weighted by Crippen LogP contribution is -2.30. The number of rotatable bonds is 14. The third-order valence-electron chi connectivity index (χ3n) is 5.46. The molecule has 0 spiro atoms. The van der Waals surface area contributed by atoms with Gasteiger partial charge < -0.3 is 15.1 Å². The molecule has 156 valence electrons. The summed E-state index contributed by atoms with van der Waals surface area (Å²) in [7, 11) is 0. The van der Waals surface area contributed by atoms with Crippen LogP contribution in [-0.4, -0.2) is 60.6 Å². The lowest BCUT2D eigenvalue weighted by molar-refractivity contribution is 0.240. The van der Waals surface area contributed by atoms with E-state index in [2.05, 4.69) is 40.9 Å². The molecule has 0 unspecified atom stereocenters. The maximum Gasteiger partial charge on any atom is 0.0737 e. The Morgan fingerprint density at radius 3 is 2.32 bits per heavy atom. The van der Waals surface area contributed by atoms with Crippen LogP contribution in [0, 0.1) is 0 Å². The van der Waals surface area contributed by atoms with Crippen molar-refractivity contribution in [1.29, 1.82) is 0 Å². The molecule has 2 rings (SSSR count). The van der Waals surface area contributed by atoms with Gasteiger partial charge in [0.1, 0.15) is 0 Å². The molecular weight excluding hydrogens is 368 g/mol. The van der Waals surface area contributed by atoms with Gasteiger partial charge in [-0.25, -0.2) is 0 Å². The van der Waals surface area contributed by atoms with E-state index in [-0.39, 0.29) is 0 Å². The van der Waals surface area contributed by atoms with Gasteiger partial charge in [0.2, 0.25) is 0 Å². The smallest absolute Gasteiger partial charge is 0.0737 e. The predicted octanol–water partition coefficient (Wildman–Crippen LogP) is 5.52. The van der Waals surface area contributed by atoms with Crippen molar-refractivity contribution < 1.29 is 0 Å². The van der Waals surface area contributed by atoms with Crippen LogP contribution in [0.25, 0.3) is 10.9 Å². The topological polar surface area (TPSA) is 31.4 Å². The van der Waals surface area contributed by atoms with Gasteiger partial charge in [0.05, 0.1) is 5.52 Å². The second kappa shape index (κ2) is 13.0. The lowest BCUT2D eigenvalue weighted by atomic mass is 10.1. The highest BCUT2D eigenvalue weighted by atomic mass is 35.5. The van der Waals surface area contributed by atoms with Gasteiger partial charge in [-0.15, -0.1) is 0 Å². The third-order valence-corrected chi connectivity index (χ3v) is 5.70. The number of aromatic nitrogens is 1. The van der Waals surface area contributed by atoms with Gasteiger partial charge in [-0.3, -0.25) is 4.98 Å². The molecule has 0 fully saturated rings. The summed E-state index contributed by atoms with van der Waals surface area (Å²) in [6.07, 6.45) is 6.84. The molecule has 5 heteroatoms. The lowest BCUT2D eigenvalue weighted by Gasteiger charge is -2.23. The summed E-state index contributed by atoms with van der Waals surface area (Å²) in [6, 6.07) is 7.94. The summed E-state index contributed by atoms with van der Waals surface area (Å²) in [5.41, 5.74) is 2.09.